The van der Waals surface area contributed by atoms with E-state index in [9.17, 15) is 8.42 Å². The van der Waals surface area contributed by atoms with Gasteiger partial charge in [-0.05, 0) is 43.2 Å². The number of halogens is 1. The Morgan fingerprint density at radius 3 is 2.68 bits per heavy atom. The molecule has 1 heterocycles. The molecule has 0 saturated heterocycles. The summed E-state index contributed by atoms with van der Waals surface area (Å²) in [6.45, 7) is 5.04. The molecule has 0 amide bonds. The Balaban J connectivity index is 1.76. The Labute approximate surface area is 173 Å². The van der Waals surface area contributed by atoms with Crippen LogP contribution in [0.15, 0.2) is 64.2 Å². The molecule has 0 fully saturated rings. The van der Waals surface area contributed by atoms with E-state index in [-0.39, 0.29) is 11.4 Å². The second kappa shape index (κ2) is 8.89. The van der Waals surface area contributed by atoms with Crippen molar-refractivity contribution in [2.45, 2.75) is 31.8 Å². The van der Waals surface area contributed by atoms with Crippen LogP contribution in [-0.4, -0.2) is 24.6 Å². The normalized spacial score (nSPS) is 11.5. The van der Waals surface area contributed by atoms with E-state index in [0.717, 1.165) is 17.0 Å². The zero-order valence-electron chi connectivity index (χ0n) is 15.7. The molecule has 0 saturated carbocycles. The standard InChI is InChI=1S/C20H22BrN3O3S/c1-3-27-19-8-7-18(21)12-20(19)28(25,26)23-13-16-5-4-6-17(11-16)14-24-10-9-22-15(24)2/h4-12,23H,3,13-14H2,1-2H3. The van der Waals surface area contributed by atoms with Crippen LogP contribution >= 0.6 is 15.9 Å². The molecule has 8 heteroatoms. The van der Waals surface area contributed by atoms with E-state index in [0.29, 0.717) is 23.4 Å². The second-order valence-corrected chi connectivity index (χ2v) is 8.92. The molecular formula is C20H22BrN3O3S. The van der Waals surface area contributed by atoms with Crippen molar-refractivity contribution in [3.8, 4) is 5.75 Å². The molecule has 0 aliphatic carbocycles. The molecule has 28 heavy (non-hydrogen) atoms. The van der Waals surface area contributed by atoms with Crippen molar-refractivity contribution >= 4 is 26.0 Å². The Kier molecular flexibility index (Phi) is 6.53. The highest BCUT2D eigenvalue weighted by atomic mass is 79.9. The number of nitrogens with one attached hydrogen (secondary N) is 1. The maximum atomic E-state index is 12.8. The number of hydrogen-bond acceptors (Lipinski definition) is 4. The van der Waals surface area contributed by atoms with Crippen molar-refractivity contribution in [1.29, 1.82) is 0 Å². The van der Waals surface area contributed by atoms with Crippen molar-refractivity contribution in [3.05, 3.63) is 76.3 Å². The summed E-state index contributed by atoms with van der Waals surface area (Å²) in [6, 6.07) is 12.8. The van der Waals surface area contributed by atoms with Crippen LogP contribution in [0.1, 0.15) is 23.9 Å². The highest BCUT2D eigenvalue weighted by molar-refractivity contribution is 9.10. The summed E-state index contributed by atoms with van der Waals surface area (Å²) in [6.07, 6.45) is 3.69. The molecule has 0 atom stereocenters. The first-order valence-corrected chi connectivity index (χ1v) is 11.1. The molecule has 2 aromatic carbocycles. The van der Waals surface area contributed by atoms with Crippen LogP contribution in [0.4, 0.5) is 0 Å². The van der Waals surface area contributed by atoms with Crippen LogP contribution in [0.2, 0.25) is 0 Å². The molecule has 3 aromatic rings. The van der Waals surface area contributed by atoms with Crippen molar-refractivity contribution < 1.29 is 13.2 Å². The van der Waals surface area contributed by atoms with Gasteiger partial charge >= 0.3 is 0 Å². The molecular weight excluding hydrogens is 442 g/mol. The monoisotopic (exact) mass is 463 g/mol. The van der Waals surface area contributed by atoms with E-state index in [1.54, 1.807) is 24.4 Å². The Bertz CT molecular complexity index is 1060. The topological polar surface area (TPSA) is 73.2 Å². The van der Waals surface area contributed by atoms with Crippen molar-refractivity contribution in [3.63, 3.8) is 0 Å². The molecule has 148 valence electrons. The molecule has 1 N–H and O–H groups in total. The Hall–Kier alpha value is -2.16. The number of ether oxygens (including phenoxy) is 1. The molecule has 0 radical (unpaired) electrons. The van der Waals surface area contributed by atoms with Gasteiger partial charge in [0.15, 0.2) is 0 Å². The van der Waals surface area contributed by atoms with Crippen molar-refractivity contribution in [2.75, 3.05) is 6.61 Å². The van der Waals surface area contributed by atoms with E-state index in [4.69, 9.17) is 4.74 Å². The quantitative estimate of drug-likeness (QED) is 0.549. The summed E-state index contributed by atoms with van der Waals surface area (Å²) in [4.78, 5) is 4.34. The minimum Gasteiger partial charge on any atom is -0.492 e. The van der Waals surface area contributed by atoms with Crippen LogP contribution < -0.4 is 9.46 Å². The summed E-state index contributed by atoms with van der Waals surface area (Å²) in [5.74, 6) is 1.27. The average Bonchev–Trinajstić information content (AvgIpc) is 3.07. The fourth-order valence-corrected chi connectivity index (χ4v) is 4.53. The number of aryl methyl sites for hydroxylation is 1. The first kappa shape index (κ1) is 20.6. The highest BCUT2D eigenvalue weighted by Crippen LogP contribution is 2.27. The molecule has 1 aromatic heterocycles. The maximum Gasteiger partial charge on any atom is 0.244 e. The van der Waals surface area contributed by atoms with E-state index in [2.05, 4.69) is 25.6 Å². The van der Waals surface area contributed by atoms with Crippen LogP contribution in [0.5, 0.6) is 5.75 Å². The van der Waals surface area contributed by atoms with E-state index < -0.39 is 10.0 Å². The fourth-order valence-electron chi connectivity index (χ4n) is 2.83. The van der Waals surface area contributed by atoms with Gasteiger partial charge in [0.05, 0.1) is 6.61 Å². The largest absolute Gasteiger partial charge is 0.492 e. The number of sulfonamides is 1. The summed E-state index contributed by atoms with van der Waals surface area (Å²) in [5.41, 5.74) is 1.96. The first-order valence-electron chi connectivity index (χ1n) is 8.86. The van der Waals surface area contributed by atoms with Gasteiger partial charge in [-0.2, -0.15) is 0 Å². The van der Waals surface area contributed by atoms with Gasteiger partial charge in [0.1, 0.15) is 16.5 Å². The van der Waals surface area contributed by atoms with Gasteiger partial charge in [-0.25, -0.2) is 18.1 Å². The highest BCUT2D eigenvalue weighted by Gasteiger charge is 2.20. The summed E-state index contributed by atoms with van der Waals surface area (Å²) in [5, 5.41) is 0. The molecule has 0 aliphatic rings. The number of rotatable bonds is 8. The van der Waals surface area contributed by atoms with Gasteiger partial charge in [-0.15, -0.1) is 0 Å². The Morgan fingerprint density at radius 1 is 1.18 bits per heavy atom. The minimum absolute atomic E-state index is 0.119. The third-order valence-electron chi connectivity index (χ3n) is 4.23. The second-order valence-electron chi connectivity index (χ2n) is 6.27. The SMILES string of the molecule is CCOc1ccc(Br)cc1S(=O)(=O)NCc1cccc(Cn2ccnc2C)c1. The first-order chi connectivity index (χ1) is 13.4. The minimum atomic E-state index is -3.72. The third kappa shape index (κ3) is 5.01. The summed E-state index contributed by atoms with van der Waals surface area (Å²) >= 11 is 3.32. The molecule has 0 unspecified atom stereocenters. The van der Waals surface area contributed by atoms with Crippen LogP contribution in [0.3, 0.4) is 0 Å². The molecule has 3 rings (SSSR count). The molecule has 0 spiro atoms. The number of imidazole rings is 1. The third-order valence-corrected chi connectivity index (χ3v) is 6.15. The summed E-state index contributed by atoms with van der Waals surface area (Å²) in [7, 11) is -3.72. The number of aromatic nitrogens is 2. The van der Waals surface area contributed by atoms with Crippen LogP contribution in [-0.2, 0) is 23.1 Å². The number of nitrogens with zero attached hydrogens (tertiary/aromatic N) is 2. The average molecular weight is 464 g/mol. The lowest BCUT2D eigenvalue weighted by molar-refractivity contribution is 0.331. The number of benzene rings is 2. The lowest BCUT2D eigenvalue weighted by Crippen LogP contribution is -2.24. The zero-order valence-corrected chi connectivity index (χ0v) is 18.1. The predicted molar refractivity (Wildman–Crippen MR) is 112 cm³/mol. The van der Waals surface area contributed by atoms with E-state index >= 15 is 0 Å². The van der Waals surface area contributed by atoms with Gasteiger partial charge in [0.2, 0.25) is 10.0 Å². The predicted octanol–water partition coefficient (Wildman–Crippen LogP) is 3.88. The maximum absolute atomic E-state index is 12.8. The smallest absolute Gasteiger partial charge is 0.244 e. The number of hydrogen-bond donors (Lipinski definition) is 1. The molecule has 0 bridgehead atoms. The van der Waals surface area contributed by atoms with E-state index in [1.165, 1.54) is 0 Å². The zero-order chi connectivity index (χ0) is 20.1. The van der Waals surface area contributed by atoms with Crippen molar-refractivity contribution in [1.82, 2.24) is 14.3 Å². The van der Waals surface area contributed by atoms with E-state index in [1.807, 2.05) is 48.9 Å². The van der Waals surface area contributed by atoms with Gasteiger partial charge in [-0.1, -0.05) is 40.2 Å². The lowest BCUT2D eigenvalue weighted by Gasteiger charge is -2.13. The Morgan fingerprint density at radius 2 is 1.96 bits per heavy atom. The van der Waals surface area contributed by atoms with Gasteiger partial charge < -0.3 is 9.30 Å². The van der Waals surface area contributed by atoms with Crippen LogP contribution in [0, 0.1) is 6.92 Å². The molecule has 6 nitrogen and oxygen atoms in total. The van der Waals surface area contributed by atoms with Gasteiger partial charge in [0.25, 0.3) is 0 Å². The lowest BCUT2D eigenvalue weighted by atomic mass is 10.1. The fraction of sp³-hybridized carbons (Fsp3) is 0.250. The van der Waals surface area contributed by atoms with Crippen LogP contribution in [0.25, 0.3) is 0 Å². The summed E-state index contributed by atoms with van der Waals surface area (Å²) < 4.78 is 36.5. The van der Waals surface area contributed by atoms with Gasteiger partial charge in [-0.3, -0.25) is 0 Å². The van der Waals surface area contributed by atoms with Gasteiger partial charge in [0, 0.05) is 30.0 Å². The van der Waals surface area contributed by atoms with Crippen molar-refractivity contribution in [2.24, 2.45) is 0 Å². The molecule has 0 aliphatic heterocycles.